The fourth-order valence-corrected chi connectivity index (χ4v) is 3.53. The van der Waals surface area contributed by atoms with Gasteiger partial charge in [0.05, 0.1) is 5.56 Å². The average molecular weight is 231 g/mol. The van der Waals surface area contributed by atoms with Gasteiger partial charge in [0.2, 0.25) is 0 Å². The third-order valence-electron chi connectivity index (χ3n) is 4.39. The van der Waals surface area contributed by atoms with Crippen molar-refractivity contribution in [3.63, 3.8) is 0 Å². The predicted molar refractivity (Wildman–Crippen MR) is 65.3 cm³/mol. The smallest absolute Gasteiger partial charge is 0.171 e. The highest BCUT2D eigenvalue weighted by atomic mass is 16.1. The van der Waals surface area contributed by atoms with Gasteiger partial charge in [0.25, 0.3) is 0 Å². The number of aromatic nitrogens is 1. The molecule has 2 fully saturated rings. The van der Waals surface area contributed by atoms with E-state index in [0.29, 0.717) is 23.2 Å². The molecule has 0 spiro atoms. The second kappa shape index (κ2) is 3.81. The highest BCUT2D eigenvalue weighted by molar-refractivity contribution is 6.02. The maximum absolute atomic E-state index is 12.5. The van der Waals surface area contributed by atoms with Crippen molar-refractivity contribution in [2.45, 2.75) is 25.3 Å². The highest BCUT2D eigenvalue weighted by Crippen LogP contribution is 2.48. The minimum atomic E-state index is -0.0414. The fourth-order valence-electron chi connectivity index (χ4n) is 3.53. The molecule has 90 valence electrons. The summed E-state index contributed by atoms with van der Waals surface area (Å²) >= 11 is 0. The van der Waals surface area contributed by atoms with E-state index in [9.17, 15) is 4.79 Å². The van der Waals surface area contributed by atoms with Gasteiger partial charge in [-0.1, -0.05) is 0 Å². The van der Waals surface area contributed by atoms with Gasteiger partial charge in [0.15, 0.2) is 5.78 Å². The number of hydrogen-bond acceptors (Lipinski definition) is 4. The summed E-state index contributed by atoms with van der Waals surface area (Å²) in [6, 6.07) is 3.52. The topological polar surface area (TPSA) is 82.0 Å². The molecule has 1 aromatic heterocycles. The van der Waals surface area contributed by atoms with E-state index in [0.717, 1.165) is 12.8 Å². The molecule has 4 atom stereocenters. The molecule has 2 aliphatic carbocycles. The Balaban J connectivity index is 1.91. The van der Waals surface area contributed by atoms with Crippen LogP contribution < -0.4 is 11.5 Å². The number of ketones is 1. The maximum atomic E-state index is 12.5. The zero-order chi connectivity index (χ0) is 12.0. The number of carbonyl (C=O) groups is 1. The second-order valence-electron chi connectivity index (χ2n) is 5.24. The van der Waals surface area contributed by atoms with E-state index in [2.05, 4.69) is 4.98 Å². The minimum Gasteiger partial charge on any atom is -0.383 e. The Bertz CT molecular complexity index is 458. The molecular formula is C13H17N3O. The molecule has 0 aromatic carbocycles. The fraction of sp³-hybridized carbons (Fsp3) is 0.538. The number of hydrogen-bond donors (Lipinski definition) is 2. The molecule has 4 heteroatoms. The maximum Gasteiger partial charge on any atom is 0.171 e. The number of nitrogens with zero attached hydrogens (tertiary/aromatic N) is 1. The quantitative estimate of drug-likeness (QED) is 0.750. The normalized spacial score (nSPS) is 35.1. The Hall–Kier alpha value is -1.42. The lowest BCUT2D eigenvalue weighted by atomic mass is 9.80. The number of anilines is 1. The minimum absolute atomic E-state index is 0.0147. The van der Waals surface area contributed by atoms with Gasteiger partial charge in [-0.25, -0.2) is 4.98 Å². The van der Waals surface area contributed by atoms with Crippen molar-refractivity contribution in [1.82, 2.24) is 4.98 Å². The summed E-state index contributed by atoms with van der Waals surface area (Å²) in [6.45, 7) is 0. The van der Waals surface area contributed by atoms with Crippen molar-refractivity contribution < 1.29 is 4.79 Å². The predicted octanol–water partition coefficient (Wildman–Crippen LogP) is 1.22. The standard InChI is InChI=1S/C13H17N3O/c14-11-8-4-3-7(6-8)10(11)12(17)9-2-1-5-16-13(9)15/h1-2,5,7-8,10-11H,3-4,6,14H2,(H2,15,16). The molecule has 2 aliphatic rings. The molecule has 0 saturated heterocycles. The van der Waals surface area contributed by atoms with E-state index in [4.69, 9.17) is 11.5 Å². The lowest BCUT2D eigenvalue weighted by molar-refractivity contribution is 0.0857. The van der Waals surface area contributed by atoms with E-state index in [-0.39, 0.29) is 17.7 Å². The van der Waals surface area contributed by atoms with Crippen LogP contribution in [0.5, 0.6) is 0 Å². The van der Waals surface area contributed by atoms with E-state index in [1.807, 2.05) is 0 Å². The van der Waals surface area contributed by atoms with Crippen LogP contribution in [-0.2, 0) is 0 Å². The Morgan fingerprint density at radius 3 is 2.76 bits per heavy atom. The third kappa shape index (κ3) is 1.55. The Morgan fingerprint density at radius 2 is 2.12 bits per heavy atom. The first-order chi connectivity index (χ1) is 8.18. The summed E-state index contributed by atoms with van der Waals surface area (Å²) in [4.78, 5) is 16.4. The van der Waals surface area contributed by atoms with E-state index in [1.165, 1.54) is 6.42 Å². The lowest BCUT2D eigenvalue weighted by Gasteiger charge is -2.27. The highest BCUT2D eigenvalue weighted by Gasteiger charge is 2.49. The van der Waals surface area contributed by atoms with E-state index < -0.39 is 0 Å². The first-order valence-electron chi connectivity index (χ1n) is 6.18. The van der Waals surface area contributed by atoms with Crippen molar-refractivity contribution in [1.29, 1.82) is 0 Å². The molecular weight excluding hydrogens is 214 g/mol. The van der Waals surface area contributed by atoms with Crippen LogP contribution in [-0.4, -0.2) is 16.8 Å². The molecule has 0 aliphatic heterocycles. The summed E-state index contributed by atoms with van der Waals surface area (Å²) in [5, 5.41) is 0. The van der Waals surface area contributed by atoms with E-state index >= 15 is 0 Å². The van der Waals surface area contributed by atoms with Crippen LogP contribution in [0.15, 0.2) is 18.3 Å². The number of carbonyl (C=O) groups excluding carboxylic acids is 1. The SMILES string of the molecule is Nc1ncccc1C(=O)C1C2CCC(C2)C1N. The number of pyridine rings is 1. The number of nitrogens with two attached hydrogens (primary N) is 2. The van der Waals surface area contributed by atoms with Crippen molar-refractivity contribution in [2.24, 2.45) is 23.5 Å². The molecule has 1 heterocycles. The molecule has 4 N–H and O–H groups in total. The second-order valence-corrected chi connectivity index (χ2v) is 5.24. The Labute approximate surface area is 100 Å². The molecule has 4 unspecified atom stereocenters. The third-order valence-corrected chi connectivity index (χ3v) is 4.39. The van der Waals surface area contributed by atoms with Crippen LogP contribution in [0, 0.1) is 17.8 Å². The van der Waals surface area contributed by atoms with Gasteiger partial charge in [0.1, 0.15) is 5.82 Å². The number of rotatable bonds is 2. The van der Waals surface area contributed by atoms with Crippen LogP contribution in [0.25, 0.3) is 0 Å². The summed E-state index contributed by atoms with van der Waals surface area (Å²) in [6.07, 6.45) is 5.03. The monoisotopic (exact) mass is 231 g/mol. The largest absolute Gasteiger partial charge is 0.383 e. The molecule has 3 rings (SSSR count). The molecule has 2 bridgehead atoms. The molecule has 0 amide bonds. The number of Topliss-reactive ketones (excluding diaryl/α,β-unsaturated/α-hetero) is 1. The molecule has 0 radical (unpaired) electrons. The van der Waals surface area contributed by atoms with Crippen LogP contribution in [0.3, 0.4) is 0 Å². The van der Waals surface area contributed by atoms with Gasteiger partial charge in [-0.05, 0) is 43.2 Å². The molecule has 2 saturated carbocycles. The first-order valence-corrected chi connectivity index (χ1v) is 6.18. The van der Waals surface area contributed by atoms with Crippen LogP contribution in [0.2, 0.25) is 0 Å². The summed E-state index contributed by atoms with van der Waals surface area (Å²) < 4.78 is 0. The van der Waals surface area contributed by atoms with Crippen molar-refractivity contribution in [3.8, 4) is 0 Å². The van der Waals surface area contributed by atoms with Crippen LogP contribution in [0.1, 0.15) is 29.6 Å². The zero-order valence-electron chi connectivity index (χ0n) is 9.67. The van der Waals surface area contributed by atoms with Gasteiger partial charge in [-0.3, -0.25) is 4.79 Å². The van der Waals surface area contributed by atoms with Crippen LogP contribution in [0.4, 0.5) is 5.82 Å². The average Bonchev–Trinajstić information content (AvgIpc) is 2.89. The van der Waals surface area contributed by atoms with Gasteiger partial charge < -0.3 is 11.5 Å². The Kier molecular flexibility index (Phi) is 2.40. The van der Waals surface area contributed by atoms with E-state index in [1.54, 1.807) is 18.3 Å². The molecule has 4 nitrogen and oxygen atoms in total. The lowest BCUT2D eigenvalue weighted by Crippen LogP contribution is -2.40. The van der Waals surface area contributed by atoms with Gasteiger partial charge in [-0.15, -0.1) is 0 Å². The summed E-state index contributed by atoms with van der Waals surface area (Å²) in [5.74, 6) is 1.37. The zero-order valence-corrected chi connectivity index (χ0v) is 9.67. The van der Waals surface area contributed by atoms with Gasteiger partial charge >= 0.3 is 0 Å². The van der Waals surface area contributed by atoms with Crippen molar-refractivity contribution in [2.75, 3.05) is 5.73 Å². The Morgan fingerprint density at radius 1 is 1.35 bits per heavy atom. The number of nitrogen functional groups attached to an aromatic ring is 1. The van der Waals surface area contributed by atoms with Crippen molar-refractivity contribution >= 4 is 11.6 Å². The van der Waals surface area contributed by atoms with Gasteiger partial charge in [-0.2, -0.15) is 0 Å². The summed E-state index contributed by atoms with van der Waals surface area (Å²) in [5.41, 5.74) is 12.5. The molecule has 17 heavy (non-hydrogen) atoms. The van der Waals surface area contributed by atoms with Crippen LogP contribution >= 0.6 is 0 Å². The summed E-state index contributed by atoms with van der Waals surface area (Å²) in [7, 11) is 0. The first kappa shape index (κ1) is 10.7. The molecule has 1 aromatic rings. The van der Waals surface area contributed by atoms with Gasteiger partial charge in [0, 0.05) is 18.2 Å². The number of fused-ring (bicyclic) bond motifs is 2. The van der Waals surface area contributed by atoms with Crippen molar-refractivity contribution in [3.05, 3.63) is 23.9 Å².